The molecular formula is C21H26I2O4S2. The molecule has 0 fully saturated rings. The zero-order chi connectivity index (χ0) is 21.8. The Kier molecular flexibility index (Phi) is 13.7. The first-order valence-corrected chi connectivity index (χ1v) is 13.8. The fraction of sp³-hybridized carbons (Fsp3) is 0.381. The van der Waals surface area contributed by atoms with E-state index in [0.29, 0.717) is 17.9 Å². The molecule has 0 heterocycles. The molecule has 2 aromatic rings. The normalized spacial score (nSPS) is 10.2. The van der Waals surface area contributed by atoms with Crippen LogP contribution in [-0.4, -0.2) is 37.4 Å². The lowest BCUT2D eigenvalue weighted by molar-refractivity contribution is 0.0221. The quantitative estimate of drug-likeness (QED) is 0.0874. The predicted octanol–water partition coefficient (Wildman–Crippen LogP) is 7.35. The van der Waals surface area contributed by atoms with Gasteiger partial charge in [-0.2, -0.15) is 11.8 Å². The van der Waals surface area contributed by atoms with Crippen molar-refractivity contribution in [3.63, 3.8) is 0 Å². The number of carbonyl (C=O) groups excluding carboxylic acids is 1. The monoisotopic (exact) mass is 660 g/mol. The predicted molar refractivity (Wildman–Crippen MR) is 141 cm³/mol. The minimum absolute atomic E-state index is 0.0406. The smallest absolute Gasteiger partial charge is 0.189 e. The van der Waals surface area contributed by atoms with Crippen molar-refractivity contribution >= 4 is 74.5 Å². The van der Waals surface area contributed by atoms with Gasteiger partial charge in [0.1, 0.15) is 11.5 Å². The first kappa shape index (κ1) is 26.9. The highest BCUT2D eigenvalue weighted by atomic mass is 127. The van der Waals surface area contributed by atoms with Crippen molar-refractivity contribution < 1.29 is 19.0 Å². The maximum absolute atomic E-state index is 11.6. The number of thioether (sulfide) groups is 2. The largest absolute Gasteiger partial charge is 0.466 e. The fourth-order valence-corrected chi connectivity index (χ4v) is 4.91. The Balaban J connectivity index is 0.00000204. The Labute approximate surface area is 209 Å². The highest BCUT2D eigenvalue weighted by molar-refractivity contribution is 14.1. The molecule has 0 amide bonds. The van der Waals surface area contributed by atoms with Crippen LogP contribution in [0.2, 0.25) is 0 Å². The first-order valence-electron chi connectivity index (χ1n) is 9.01. The standard InChI is InChI=1S/C19H20I2O4S2.C2H6/c1-12(22)13-8-15(20)19(16(21)9-13)25-14-4-5-18(27-3)17(10-14)24-11-23-6-7-26-2;1-2/h4-5,8-10H,6-7,11H2,1-3H3;1-2H3. The van der Waals surface area contributed by atoms with Gasteiger partial charge >= 0.3 is 0 Å². The van der Waals surface area contributed by atoms with Gasteiger partial charge < -0.3 is 14.2 Å². The molecule has 0 saturated heterocycles. The van der Waals surface area contributed by atoms with Crippen LogP contribution >= 0.6 is 68.7 Å². The second-order valence-corrected chi connectivity index (χ2v) is 9.56. The lowest BCUT2D eigenvalue weighted by Crippen LogP contribution is -2.06. The van der Waals surface area contributed by atoms with Crippen LogP contribution in [-0.2, 0) is 4.74 Å². The Morgan fingerprint density at radius 3 is 2.28 bits per heavy atom. The van der Waals surface area contributed by atoms with Crippen molar-refractivity contribution in [1.82, 2.24) is 0 Å². The number of halogens is 2. The number of carbonyl (C=O) groups is 1. The summed E-state index contributed by atoms with van der Waals surface area (Å²) in [6.07, 6.45) is 4.05. The third-order valence-electron chi connectivity index (χ3n) is 3.49. The van der Waals surface area contributed by atoms with Gasteiger partial charge in [-0.05, 0) is 88.9 Å². The average Bonchev–Trinajstić information content (AvgIpc) is 2.72. The average molecular weight is 660 g/mol. The van der Waals surface area contributed by atoms with Gasteiger partial charge in [0.05, 0.1) is 13.7 Å². The van der Waals surface area contributed by atoms with E-state index in [2.05, 4.69) is 45.2 Å². The van der Waals surface area contributed by atoms with Gasteiger partial charge in [0.25, 0.3) is 0 Å². The van der Waals surface area contributed by atoms with Crippen molar-refractivity contribution in [2.45, 2.75) is 25.7 Å². The van der Waals surface area contributed by atoms with Gasteiger partial charge in [-0.3, -0.25) is 4.79 Å². The third kappa shape index (κ3) is 8.84. The van der Waals surface area contributed by atoms with Crippen LogP contribution in [0.15, 0.2) is 35.2 Å². The van der Waals surface area contributed by atoms with E-state index in [1.807, 2.05) is 56.7 Å². The number of hydrogen-bond acceptors (Lipinski definition) is 6. The van der Waals surface area contributed by atoms with Crippen molar-refractivity contribution in [1.29, 1.82) is 0 Å². The molecule has 0 radical (unpaired) electrons. The van der Waals surface area contributed by atoms with Crippen molar-refractivity contribution in [3.8, 4) is 17.2 Å². The molecule has 0 bridgehead atoms. The van der Waals surface area contributed by atoms with Crippen molar-refractivity contribution in [2.75, 3.05) is 31.7 Å². The fourth-order valence-electron chi connectivity index (χ4n) is 2.12. The summed E-state index contributed by atoms with van der Waals surface area (Å²) in [6, 6.07) is 9.44. The van der Waals surface area contributed by atoms with E-state index >= 15 is 0 Å². The van der Waals surface area contributed by atoms with Crippen LogP contribution in [0, 0.1) is 7.14 Å². The van der Waals surface area contributed by atoms with Gasteiger partial charge in [0.2, 0.25) is 0 Å². The van der Waals surface area contributed by atoms with Crippen LogP contribution in [0.25, 0.3) is 0 Å². The Morgan fingerprint density at radius 1 is 1.07 bits per heavy atom. The molecule has 160 valence electrons. The molecule has 0 aliphatic heterocycles. The van der Waals surface area contributed by atoms with Crippen LogP contribution in [0.5, 0.6) is 17.2 Å². The first-order chi connectivity index (χ1) is 14.0. The van der Waals surface area contributed by atoms with Gasteiger partial charge in [0, 0.05) is 22.3 Å². The number of rotatable bonds is 10. The second-order valence-electron chi connectivity index (χ2n) is 5.40. The topological polar surface area (TPSA) is 44.8 Å². The van der Waals surface area contributed by atoms with Gasteiger partial charge in [-0.15, -0.1) is 11.8 Å². The van der Waals surface area contributed by atoms with Crippen LogP contribution in [0.4, 0.5) is 0 Å². The molecule has 0 spiro atoms. The Morgan fingerprint density at radius 2 is 1.72 bits per heavy atom. The highest BCUT2D eigenvalue weighted by Gasteiger charge is 2.13. The lowest BCUT2D eigenvalue weighted by Gasteiger charge is -2.14. The summed E-state index contributed by atoms with van der Waals surface area (Å²) in [7, 11) is 0. The van der Waals surface area contributed by atoms with Crippen LogP contribution in [0.3, 0.4) is 0 Å². The van der Waals surface area contributed by atoms with Crippen molar-refractivity contribution in [2.24, 2.45) is 0 Å². The summed E-state index contributed by atoms with van der Waals surface area (Å²) in [5, 5.41) is 0. The maximum Gasteiger partial charge on any atom is 0.189 e. The van der Waals surface area contributed by atoms with E-state index in [4.69, 9.17) is 14.2 Å². The molecular weight excluding hydrogens is 634 g/mol. The molecule has 2 rings (SSSR count). The SMILES string of the molecule is CC.CSCCOCOc1cc(Oc2c(I)cc(C(C)=O)cc2I)ccc1SC. The molecule has 2 aromatic carbocycles. The number of benzene rings is 2. The van der Waals surface area contributed by atoms with Crippen molar-refractivity contribution in [3.05, 3.63) is 43.0 Å². The second kappa shape index (κ2) is 14.8. The summed E-state index contributed by atoms with van der Waals surface area (Å²) in [6.45, 7) is 6.43. The molecule has 29 heavy (non-hydrogen) atoms. The molecule has 0 saturated carbocycles. The molecule has 0 unspecified atom stereocenters. The van der Waals surface area contributed by atoms with Crippen LogP contribution in [0.1, 0.15) is 31.1 Å². The van der Waals surface area contributed by atoms with Gasteiger partial charge in [-0.25, -0.2) is 0 Å². The minimum atomic E-state index is 0.0406. The Hall–Kier alpha value is -0.170. The molecule has 8 heteroatoms. The minimum Gasteiger partial charge on any atom is -0.466 e. The van der Waals surface area contributed by atoms with E-state index in [-0.39, 0.29) is 12.6 Å². The summed E-state index contributed by atoms with van der Waals surface area (Å²) < 4.78 is 19.1. The molecule has 0 N–H and O–H groups in total. The molecule has 0 aliphatic rings. The summed E-state index contributed by atoms with van der Waals surface area (Å²) in [5.74, 6) is 3.13. The van der Waals surface area contributed by atoms with E-state index in [1.54, 1.807) is 30.4 Å². The maximum atomic E-state index is 11.6. The third-order valence-corrected chi connectivity index (χ3v) is 6.44. The van der Waals surface area contributed by atoms with Crippen LogP contribution < -0.4 is 9.47 Å². The molecule has 0 aromatic heterocycles. The summed E-state index contributed by atoms with van der Waals surface area (Å²) >= 11 is 7.73. The number of hydrogen-bond donors (Lipinski definition) is 0. The van der Waals surface area contributed by atoms with E-state index in [0.717, 1.165) is 29.3 Å². The summed E-state index contributed by atoms with van der Waals surface area (Å²) in [5.41, 5.74) is 0.681. The molecule has 0 atom stereocenters. The number of ether oxygens (including phenoxy) is 3. The zero-order valence-corrected chi connectivity index (χ0v) is 23.2. The lowest BCUT2D eigenvalue weighted by atomic mass is 10.1. The molecule has 4 nitrogen and oxygen atoms in total. The zero-order valence-electron chi connectivity index (χ0n) is 17.2. The number of Topliss-reactive ketones (excluding diaryl/α,β-unsaturated/α-hetero) is 1. The number of ketones is 1. The van der Waals surface area contributed by atoms with Gasteiger partial charge in [-0.1, -0.05) is 13.8 Å². The van der Waals surface area contributed by atoms with E-state index in [1.165, 1.54) is 0 Å². The van der Waals surface area contributed by atoms with E-state index in [9.17, 15) is 4.79 Å². The Bertz CT molecular complexity index is 777. The van der Waals surface area contributed by atoms with E-state index < -0.39 is 0 Å². The summed E-state index contributed by atoms with van der Waals surface area (Å²) in [4.78, 5) is 12.6. The molecule has 0 aliphatic carbocycles. The van der Waals surface area contributed by atoms with Gasteiger partial charge in [0.15, 0.2) is 18.3 Å². The highest BCUT2D eigenvalue weighted by Crippen LogP contribution is 2.37.